The van der Waals surface area contributed by atoms with E-state index >= 15 is 0 Å². The van der Waals surface area contributed by atoms with Gasteiger partial charge in [0.2, 0.25) is 10.0 Å². The zero-order valence-electron chi connectivity index (χ0n) is 11.3. The van der Waals surface area contributed by atoms with Crippen molar-refractivity contribution >= 4 is 15.8 Å². The summed E-state index contributed by atoms with van der Waals surface area (Å²) in [5, 5.41) is 3.84. The number of hydrogen-bond donors (Lipinski definition) is 1. The fourth-order valence-corrected chi connectivity index (χ4v) is 3.48. The fraction of sp³-hybridized carbons (Fsp3) is 0.545. The number of sulfonamides is 1. The Kier molecular flexibility index (Phi) is 4.02. The van der Waals surface area contributed by atoms with E-state index in [9.17, 15) is 21.6 Å². The predicted octanol–water partition coefficient (Wildman–Crippen LogP) is 1.37. The number of aromatic nitrogens is 2. The Morgan fingerprint density at radius 3 is 2.52 bits per heavy atom. The molecule has 2 rings (SSSR count). The molecular formula is C11H15F3N4O2S. The molecule has 0 atom stereocenters. The second-order valence-electron chi connectivity index (χ2n) is 4.57. The van der Waals surface area contributed by atoms with Crippen molar-refractivity contribution in [2.24, 2.45) is 0 Å². The maximum absolute atomic E-state index is 12.5. The van der Waals surface area contributed by atoms with Crippen LogP contribution in [-0.4, -0.2) is 41.8 Å². The molecule has 1 aromatic heterocycles. The third-order valence-corrected chi connectivity index (χ3v) is 5.11. The van der Waals surface area contributed by atoms with E-state index < -0.39 is 21.8 Å². The van der Waals surface area contributed by atoms with Crippen LogP contribution in [-0.2, 0) is 16.6 Å². The quantitative estimate of drug-likeness (QED) is 0.852. The van der Waals surface area contributed by atoms with Gasteiger partial charge >= 0.3 is 6.18 Å². The highest BCUT2D eigenvalue weighted by Crippen LogP contribution is 2.32. The van der Waals surface area contributed by atoms with Gasteiger partial charge in [-0.3, -0.25) is 4.68 Å². The van der Waals surface area contributed by atoms with Gasteiger partial charge < -0.3 is 5.73 Å². The van der Waals surface area contributed by atoms with Crippen LogP contribution in [0.3, 0.4) is 0 Å². The van der Waals surface area contributed by atoms with Gasteiger partial charge in [-0.05, 0) is 13.3 Å². The van der Waals surface area contributed by atoms with Crippen LogP contribution in [0.15, 0.2) is 22.7 Å². The second-order valence-corrected chi connectivity index (χ2v) is 6.48. The van der Waals surface area contributed by atoms with Crippen molar-refractivity contribution in [2.75, 3.05) is 18.8 Å². The molecule has 2 heterocycles. The summed E-state index contributed by atoms with van der Waals surface area (Å²) in [7, 11) is -3.94. The molecule has 0 aromatic carbocycles. The van der Waals surface area contributed by atoms with Gasteiger partial charge in [0.05, 0.1) is 0 Å². The topological polar surface area (TPSA) is 81.2 Å². The Bertz CT molecular complexity index is 663. The van der Waals surface area contributed by atoms with E-state index in [4.69, 9.17) is 5.73 Å². The van der Waals surface area contributed by atoms with E-state index in [1.165, 1.54) is 10.9 Å². The maximum Gasteiger partial charge on any atom is 0.412 e. The van der Waals surface area contributed by atoms with Crippen LogP contribution < -0.4 is 5.73 Å². The van der Waals surface area contributed by atoms with Crippen molar-refractivity contribution in [2.45, 2.75) is 31.0 Å². The smallest absolute Gasteiger partial charge is 0.381 e. The van der Waals surface area contributed by atoms with Gasteiger partial charge in [-0.2, -0.15) is 22.6 Å². The number of anilines is 1. The third kappa shape index (κ3) is 3.05. The van der Waals surface area contributed by atoms with Gasteiger partial charge in [-0.15, -0.1) is 0 Å². The monoisotopic (exact) mass is 324 g/mol. The Balaban J connectivity index is 2.26. The molecule has 0 unspecified atom stereocenters. The molecule has 21 heavy (non-hydrogen) atoms. The largest absolute Gasteiger partial charge is 0.412 e. The van der Waals surface area contributed by atoms with Crippen molar-refractivity contribution in [3.63, 3.8) is 0 Å². The van der Waals surface area contributed by atoms with Gasteiger partial charge in [0.25, 0.3) is 0 Å². The number of rotatable bonds is 3. The van der Waals surface area contributed by atoms with E-state index in [0.29, 0.717) is 6.54 Å². The van der Waals surface area contributed by atoms with Gasteiger partial charge in [0.1, 0.15) is 4.90 Å². The first kappa shape index (κ1) is 15.8. The Morgan fingerprint density at radius 2 is 2.10 bits per heavy atom. The maximum atomic E-state index is 12.5. The summed E-state index contributed by atoms with van der Waals surface area (Å²) in [4.78, 5) is -0.173. The van der Waals surface area contributed by atoms with Gasteiger partial charge in [-0.25, -0.2) is 8.42 Å². The highest BCUT2D eigenvalue weighted by Gasteiger charge is 2.37. The fourth-order valence-electron chi connectivity index (χ4n) is 2.04. The molecule has 0 bridgehead atoms. The van der Waals surface area contributed by atoms with Crippen LogP contribution >= 0.6 is 0 Å². The molecule has 1 aliphatic heterocycles. The van der Waals surface area contributed by atoms with Crippen molar-refractivity contribution in [1.29, 1.82) is 0 Å². The van der Waals surface area contributed by atoms with Gasteiger partial charge in [-0.1, -0.05) is 6.08 Å². The Labute approximate surface area is 120 Å². The van der Waals surface area contributed by atoms with Crippen LogP contribution in [0.1, 0.15) is 13.3 Å². The number of nitrogen functional groups attached to an aromatic ring is 1. The lowest BCUT2D eigenvalue weighted by Gasteiger charge is -2.26. The van der Waals surface area contributed by atoms with E-state index in [1.807, 2.05) is 0 Å². The lowest BCUT2D eigenvalue weighted by Crippen LogP contribution is -2.36. The highest BCUT2D eigenvalue weighted by molar-refractivity contribution is 7.89. The van der Waals surface area contributed by atoms with Crippen LogP contribution in [0.2, 0.25) is 0 Å². The number of nitrogens with two attached hydrogens (primary N) is 1. The zero-order chi connectivity index (χ0) is 15.8. The molecule has 1 aliphatic rings. The summed E-state index contributed by atoms with van der Waals surface area (Å²) >= 11 is 0. The molecule has 0 amide bonds. The molecule has 1 aromatic rings. The standard InChI is InChI=1S/C11H15F3N4O2S/c1-2-17-7-9(10(15)16-17)21(19,20)18-5-3-8(4-6-18)11(12,13)14/h3,7H,2,4-6H2,1H3,(H2,15,16). The molecule has 0 fully saturated rings. The molecule has 118 valence electrons. The van der Waals surface area contributed by atoms with E-state index in [-0.39, 0.29) is 30.2 Å². The molecule has 0 radical (unpaired) electrons. The molecule has 0 saturated heterocycles. The number of halogens is 3. The summed E-state index contributed by atoms with van der Waals surface area (Å²) < 4.78 is 64.7. The average Bonchev–Trinajstić information content (AvgIpc) is 2.80. The predicted molar refractivity (Wildman–Crippen MR) is 69.8 cm³/mol. The van der Waals surface area contributed by atoms with E-state index in [0.717, 1.165) is 10.4 Å². The molecule has 2 N–H and O–H groups in total. The first-order chi connectivity index (χ1) is 9.66. The lowest BCUT2D eigenvalue weighted by molar-refractivity contribution is -0.0953. The number of nitrogens with zero attached hydrogens (tertiary/aromatic N) is 3. The number of hydrogen-bond acceptors (Lipinski definition) is 4. The first-order valence-electron chi connectivity index (χ1n) is 6.25. The van der Waals surface area contributed by atoms with Gasteiger partial charge in [0.15, 0.2) is 5.82 Å². The van der Waals surface area contributed by atoms with Crippen molar-refractivity contribution < 1.29 is 21.6 Å². The van der Waals surface area contributed by atoms with Crippen molar-refractivity contribution in [1.82, 2.24) is 14.1 Å². The molecule has 0 saturated carbocycles. The average molecular weight is 324 g/mol. The minimum atomic E-state index is -4.41. The molecular weight excluding hydrogens is 309 g/mol. The molecule has 0 aliphatic carbocycles. The number of aryl methyl sites for hydroxylation is 1. The summed E-state index contributed by atoms with van der Waals surface area (Å²) in [5.74, 6) is -0.151. The number of alkyl halides is 3. The van der Waals surface area contributed by atoms with Crippen LogP contribution in [0.25, 0.3) is 0 Å². The van der Waals surface area contributed by atoms with Crippen LogP contribution in [0, 0.1) is 0 Å². The van der Waals surface area contributed by atoms with Crippen molar-refractivity contribution in [3.05, 3.63) is 17.8 Å². The summed E-state index contributed by atoms with van der Waals surface area (Å²) in [5.41, 5.74) is 4.87. The highest BCUT2D eigenvalue weighted by atomic mass is 32.2. The molecule has 10 heteroatoms. The Morgan fingerprint density at radius 1 is 1.43 bits per heavy atom. The SMILES string of the molecule is CCn1cc(S(=O)(=O)N2CC=C(C(F)(F)F)CC2)c(N)n1. The minimum absolute atomic E-state index is 0.151. The summed E-state index contributed by atoms with van der Waals surface area (Å²) in [6.07, 6.45) is -2.61. The van der Waals surface area contributed by atoms with Crippen LogP contribution in [0.5, 0.6) is 0 Å². The second kappa shape index (κ2) is 5.34. The van der Waals surface area contributed by atoms with Gasteiger partial charge in [0, 0.05) is 31.4 Å². The Hall–Kier alpha value is -1.55. The van der Waals surface area contributed by atoms with Crippen LogP contribution in [0.4, 0.5) is 19.0 Å². The third-order valence-electron chi connectivity index (χ3n) is 3.23. The zero-order valence-corrected chi connectivity index (χ0v) is 12.1. The molecule has 6 nitrogen and oxygen atoms in total. The lowest BCUT2D eigenvalue weighted by atomic mass is 10.1. The van der Waals surface area contributed by atoms with Crippen molar-refractivity contribution in [3.8, 4) is 0 Å². The first-order valence-corrected chi connectivity index (χ1v) is 7.69. The minimum Gasteiger partial charge on any atom is -0.381 e. The van der Waals surface area contributed by atoms with E-state index in [2.05, 4.69) is 5.10 Å². The summed E-state index contributed by atoms with van der Waals surface area (Å²) in [6, 6.07) is 0. The summed E-state index contributed by atoms with van der Waals surface area (Å²) in [6.45, 7) is 1.65. The normalized spacial score (nSPS) is 17.8. The van der Waals surface area contributed by atoms with E-state index in [1.54, 1.807) is 6.92 Å². The molecule has 0 spiro atoms.